The SMILES string of the molecule is O=C1O[C@]2(CCN(C(=O)C3(c4ccc(-c5n[nH]c(C(F)(F)F)n5)cc4)CC3)C2)c2ccccc21. The minimum atomic E-state index is -4.60. The number of hydrogen-bond donors (Lipinski definition) is 1. The number of likely N-dealkylation sites (tertiary alicyclic amines) is 1. The molecule has 1 N–H and O–H groups in total. The van der Waals surface area contributed by atoms with E-state index in [9.17, 15) is 22.8 Å². The van der Waals surface area contributed by atoms with Gasteiger partial charge in [-0.15, -0.1) is 0 Å². The molecule has 34 heavy (non-hydrogen) atoms. The van der Waals surface area contributed by atoms with Crippen LogP contribution in [0.1, 0.15) is 46.6 Å². The summed E-state index contributed by atoms with van der Waals surface area (Å²) in [5.74, 6) is -1.59. The minimum absolute atomic E-state index is 0.0187. The van der Waals surface area contributed by atoms with E-state index in [1.54, 1.807) is 41.3 Å². The number of rotatable bonds is 3. The summed E-state index contributed by atoms with van der Waals surface area (Å²) in [5.41, 5.74) is 1.14. The highest BCUT2D eigenvalue weighted by Crippen LogP contribution is 2.52. The molecule has 1 aliphatic carbocycles. The molecule has 7 nitrogen and oxygen atoms in total. The van der Waals surface area contributed by atoms with Crippen LogP contribution in [0.5, 0.6) is 0 Å². The lowest BCUT2D eigenvalue weighted by atomic mass is 9.91. The largest absolute Gasteiger partial charge is 0.451 e. The molecule has 0 radical (unpaired) electrons. The molecule has 3 heterocycles. The topological polar surface area (TPSA) is 88.2 Å². The molecular formula is C24H19F3N4O3. The number of amides is 1. The molecule has 1 atom stereocenters. The van der Waals surface area contributed by atoms with Gasteiger partial charge in [0.25, 0.3) is 0 Å². The summed E-state index contributed by atoms with van der Waals surface area (Å²) < 4.78 is 44.1. The molecule has 2 fully saturated rings. The van der Waals surface area contributed by atoms with Crippen molar-refractivity contribution in [3.05, 3.63) is 71.0 Å². The van der Waals surface area contributed by atoms with Crippen LogP contribution in [-0.4, -0.2) is 45.0 Å². The second-order valence-electron chi connectivity index (χ2n) is 9.07. The average Bonchev–Trinajstić information content (AvgIpc) is 3.17. The van der Waals surface area contributed by atoms with Crippen molar-refractivity contribution in [3.8, 4) is 11.4 Å². The zero-order valence-corrected chi connectivity index (χ0v) is 17.9. The van der Waals surface area contributed by atoms with Gasteiger partial charge in [-0.3, -0.25) is 9.89 Å². The number of aromatic nitrogens is 3. The summed E-state index contributed by atoms with van der Waals surface area (Å²) in [6.07, 6.45) is -2.69. The Labute approximate surface area is 191 Å². The Morgan fingerprint density at radius 3 is 2.47 bits per heavy atom. The van der Waals surface area contributed by atoms with Crippen molar-refractivity contribution in [1.29, 1.82) is 0 Å². The van der Waals surface area contributed by atoms with E-state index in [0.717, 1.165) is 11.1 Å². The zero-order chi connectivity index (χ0) is 23.7. The summed E-state index contributed by atoms with van der Waals surface area (Å²) in [6, 6.07) is 14.0. The van der Waals surface area contributed by atoms with Gasteiger partial charge in [-0.25, -0.2) is 9.78 Å². The molecular weight excluding hydrogens is 449 g/mol. The number of H-pyrrole nitrogens is 1. The number of carbonyl (C=O) groups is 2. The summed E-state index contributed by atoms with van der Waals surface area (Å²) in [5, 5.41) is 5.56. The molecule has 3 aliphatic rings. The summed E-state index contributed by atoms with van der Waals surface area (Å²) in [6.45, 7) is 0.795. The van der Waals surface area contributed by atoms with Crippen molar-refractivity contribution in [2.45, 2.75) is 36.5 Å². The number of aromatic amines is 1. The molecule has 1 saturated carbocycles. The standard InChI is InChI=1S/C24H19F3N4O3/c25-24(26,27)20-28-18(29-30-20)14-5-7-15(8-6-14)22(9-10-22)21(33)31-12-11-23(13-31)17-4-2-1-3-16(17)19(32)34-23/h1-8H,9-13H2,(H,28,29,30)/t23-/m0/s1. The molecule has 0 bridgehead atoms. The lowest BCUT2D eigenvalue weighted by Crippen LogP contribution is -2.40. The first-order chi connectivity index (χ1) is 16.2. The van der Waals surface area contributed by atoms with Gasteiger partial charge in [-0.1, -0.05) is 42.5 Å². The normalized spacial score (nSPS) is 22.7. The van der Waals surface area contributed by atoms with Crippen LogP contribution < -0.4 is 0 Å². The molecule has 1 saturated heterocycles. The molecule has 2 aromatic carbocycles. The van der Waals surface area contributed by atoms with E-state index < -0.39 is 23.0 Å². The van der Waals surface area contributed by atoms with Gasteiger partial charge in [0.2, 0.25) is 11.7 Å². The number of benzene rings is 2. The highest BCUT2D eigenvalue weighted by molar-refractivity contribution is 5.96. The highest BCUT2D eigenvalue weighted by Gasteiger charge is 2.57. The van der Waals surface area contributed by atoms with Gasteiger partial charge < -0.3 is 9.64 Å². The second kappa shape index (κ2) is 6.91. The quantitative estimate of drug-likeness (QED) is 0.591. The average molecular weight is 468 g/mol. The molecule has 0 unspecified atom stereocenters. The molecule has 1 aromatic heterocycles. The number of fused-ring (bicyclic) bond motifs is 2. The van der Waals surface area contributed by atoms with Gasteiger partial charge in [-0.05, 0) is 24.5 Å². The molecule has 3 aromatic rings. The smallest absolute Gasteiger partial charge is 0.449 e. The first-order valence-electron chi connectivity index (χ1n) is 10.9. The van der Waals surface area contributed by atoms with E-state index in [1.807, 2.05) is 17.2 Å². The number of carbonyl (C=O) groups excluding carboxylic acids is 2. The fourth-order valence-electron chi connectivity index (χ4n) is 5.11. The maximum Gasteiger partial charge on any atom is 0.451 e. The van der Waals surface area contributed by atoms with Crippen LogP contribution >= 0.6 is 0 Å². The first kappa shape index (κ1) is 20.9. The van der Waals surface area contributed by atoms with Gasteiger partial charge in [0, 0.05) is 24.1 Å². The van der Waals surface area contributed by atoms with Gasteiger partial charge in [0.05, 0.1) is 17.5 Å². The molecule has 174 valence electrons. The molecule has 2 aliphatic heterocycles. The van der Waals surface area contributed by atoms with Crippen molar-refractivity contribution < 1.29 is 27.5 Å². The van der Waals surface area contributed by atoms with E-state index in [4.69, 9.17) is 4.74 Å². The zero-order valence-electron chi connectivity index (χ0n) is 17.9. The Kier molecular flexibility index (Phi) is 4.24. The number of esters is 1. The highest BCUT2D eigenvalue weighted by atomic mass is 19.4. The third-order valence-electron chi connectivity index (χ3n) is 7.05. The van der Waals surface area contributed by atoms with Crippen molar-refractivity contribution in [2.24, 2.45) is 0 Å². The van der Waals surface area contributed by atoms with Crippen LogP contribution in [0.25, 0.3) is 11.4 Å². The summed E-state index contributed by atoms with van der Waals surface area (Å²) >= 11 is 0. The monoisotopic (exact) mass is 468 g/mol. The van der Waals surface area contributed by atoms with Crippen LogP contribution in [0.15, 0.2) is 48.5 Å². The number of ether oxygens (including phenoxy) is 1. The molecule has 6 rings (SSSR count). The Bertz CT molecular complexity index is 1310. The van der Waals surface area contributed by atoms with Crippen LogP contribution in [0, 0.1) is 0 Å². The van der Waals surface area contributed by atoms with E-state index in [0.29, 0.717) is 43.5 Å². The Morgan fingerprint density at radius 2 is 1.79 bits per heavy atom. The number of nitrogens with zero attached hydrogens (tertiary/aromatic N) is 3. The van der Waals surface area contributed by atoms with Crippen molar-refractivity contribution >= 4 is 11.9 Å². The maximum atomic E-state index is 13.6. The number of alkyl halides is 3. The minimum Gasteiger partial charge on any atom is -0.449 e. The van der Waals surface area contributed by atoms with Crippen molar-refractivity contribution in [2.75, 3.05) is 13.1 Å². The van der Waals surface area contributed by atoms with Gasteiger partial charge >= 0.3 is 12.1 Å². The number of hydrogen-bond acceptors (Lipinski definition) is 5. The fraction of sp³-hybridized carbons (Fsp3) is 0.333. The van der Waals surface area contributed by atoms with Crippen LogP contribution in [-0.2, 0) is 26.7 Å². The van der Waals surface area contributed by atoms with Gasteiger partial charge in [-0.2, -0.15) is 18.3 Å². The van der Waals surface area contributed by atoms with E-state index >= 15 is 0 Å². The fourth-order valence-corrected chi connectivity index (χ4v) is 5.11. The number of nitrogens with one attached hydrogen (secondary N) is 1. The van der Waals surface area contributed by atoms with Crippen LogP contribution in [0.2, 0.25) is 0 Å². The lowest BCUT2D eigenvalue weighted by molar-refractivity contribution is -0.144. The van der Waals surface area contributed by atoms with Gasteiger partial charge in [0.15, 0.2) is 11.4 Å². The third-order valence-corrected chi connectivity index (χ3v) is 7.05. The van der Waals surface area contributed by atoms with Gasteiger partial charge in [0.1, 0.15) is 0 Å². The Balaban J connectivity index is 1.22. The van der Waals surface area contributed by atoms with Crippen LogP contribution in [0.3, 0.4) is 0 Å². The molecule has 1 amide bonds. The lowest BCUT2D eigenvalue weighted by Gasteiger charge is -2.27. The third kappa shape index (κ3) is 3.04. The predicted molar refractivity (Wildman–Crippen MR) is 112 cm³/mol. The van der Waals surface area contributed by atoms with Crippen molar-refractivity contribution in [1.82, 2.24) is 20.1 Å². The molecule has 1 spiro atoms. The predicted octanol–water partition coefficient (Wildman–Crippen LogP) is 3.82. The number of halogens is 3. The summed E-state index contributed by atoms with van der Waals surface area (Å²) in [7, 11) is 0. The Hall–Kier alpha value is -3.69. The van der Waals surface area contributed by atoms with Crippen LogP contribution in [0.4, 0.5) is 13.2 Å². The van der Waals surface area contributed by atoms with E-state index in [1.165, 1.54) is 0 Å². The molecule has 10 heteroatoms. The maximum absolute atomic E-state index is 13.6. The Morgan fingerprint density at radius 1 is 1.06 bits per heavy atom. The van der Waals surface area contributed by atoms with E-state index in [2.05, 4.69) is 10.1 Å². The van der Waals surface area contributed by atoms with E-state index in [-0.39, 0.29) is 17.7 Å². The first-order valence-corrected chi connectivity index (χ1v) is 10.9. The second-order valence-corrected chi connectivity index (χ2v) is 9.07. The van der Waals surface area contributed by atoms with Crippen molar-refractivity contribution in [3.63, 3.8) is 0 Å². The summed E-state index contributed by atoms with van der Waals surface area (Å²) in [4.78, 5) is 31.2.